The first-order valence-corrected chi connectivity index (χ1v) is 5.82. The highest BCUT2D eigenvalue weighted by Gasteiger charge is 2.08. The van der Waals surface area contributed by atoms with E-state index in [1.54, 1.807) is 18.2 Å². The number of hydrogen-bond donors (Lipinski definition) is 2. The van der Waals surface area contributed by atoms with Gasteiger partial charge in [0.15, 0.2) is 0 Å². The summed E-state index contributed by atoms with van der Waals surface area (Å²) >= 11 is 0.982. The Kier molecular flexibility index (Phi) is 3.57. The van der Waals surface area contributed by atoms with Gasteiger partial charge in [0.05, 0.1) is 4.90 Å². The maximum absolute atomic E-state index is 13.4. The third-order valence-corrected chi connectivity index (χ3v) is 3.08. The zero-order chi connectivity index (χ0) is 13.1. The lowest BCUT2D eigenvalue weighted by Crippen LogP contribution is -2.12. The van der Waals surface area contributed by atoms with Crippen molar-refractivity contribution in [2.45, 2.75) is 9.92 Å². The summed E-state index contributed by atoms with van der Waals surface area (Å²) in [5, 5.41) is 7.71. The van der Waals surface area contributed by atoms with Crippen LogP contribution < -0.4 is 5.73 Å². The van der Waals surface area contributed by atoms with Crippen LogP contribution in [-0.4, -0.2) is 10.8 Å². The van der Waals surface area contributed by atoms with Crippen LogP contribution in [-0.2, 0) is 0 Å². The minimum Gasteiger partial charge on any atom is -0.382 e. The van der Waals surface area contributed by atoms with Crippen molar-refractivity contribution < 1.29 is 8.78 Å². The lowest BCUT2D eigenvalue weighted by molar-refractivity contribution is 0.577. The quantitative estimate of drug-likeness (QED) is 0.662. The summed E-state index contributed by atoms with van der Waals surface area (Å²) in [7, 11) is 0. The highest BCUT2D eigenvalue weighted by atomic mass is 32.2. The highest BCUT2D eigenvalue weighted by Crippen LogP contribution is 2.28. The predicted molar refractivity (Wildman–Crippen MR) is 65.7 cm³/mol. The van der Waals surface area contributed by atoms with Crippen molar-refractivity contribution in [3.8, 4) is 0 Å². The van der Waals surface area contributed by atoms with E-state index in [0.29, 0.717) is 10.7 Å². The highest BCUT2D eigenvalue weighted by molar-refractivity contribution is 7.99. The van der Waals surface area contributed by atoms with E-state index in [2.05, 4.69) is 4.98 Å². The summed E-state index contributed by atoms with van der Waals surface area (Å²) < 4.78 is 26.4. The third kappa shape index (κ3) is 2.84. The second-order valence-corrected chi connectivity index (χ2v) is 4.51. The van der Waals surface area contributed by atoms with E-state index < -0.39 is 11.6 Å². The fourth-order valence-corrected chi connectivity index (χ4v) is 2.14. The Morgan fingerprint density at radius 3 is 2.72 bits per heavy atom. The summed E-state index contributed by atoms with van der Waals surface area (Å²) in [4.78, 5) is 4.20. The van der Waals surface area contributed by atoms with Gasteiger partial charge in [-0.1, -0.05) is 17.8 Å². The molecule has 0 spiro atoms. The van der Waals surface area contributed by atoms with E-state index in [1.165, 1.54) is 0 Å². The molecule has 18 heavy (non-hydrogen) atoms. The lowest BCUT2D eigenvalue weighted by Gasteiger charge is -2.04. The molecule has 0 aliphatic rings. The molecule has 3 nitrogen and oxygen atoms in total. The maximum Gasteiger partial charge on any atom is 0.141 e. The minimum atomic E-state index is -0.517. The van der Waals surface area contributed by atoms with Gasteiger partial charge in [-0.3, -0.25) is 5.41 Å². The largest absolute Gasteiger partial charge is 0.382 e. The average molecular weight is 265 g/mol. The second-order valence-electron chi connectivity index (χ2n) is 3.45. The number of hydrogen-bond acceptors (Lipinski definition) is 3. The van der Waals surface area contributed by atoms with Crippen molar-refractivity contribution in [1.29, 1.82) is 5.41 Å². The van der Waals surface area contributed by atoms with Crippen molar-refractivity contribution in [1.82, 2.24) is 4.98 Å². The molecule has 0 fully saturated rings. The van der Waals surface area contributed by atoms with E-state index in [9.17, 15) is 8.78 Å². The zero-order valence-corrected chi connectivity index (χ0v) is 9.97. The number of benzene rings is 1. The van der Waals surface area contributed by atoms with Crippen LogP contribution >= 0.6 is 11.8 Å². The van der Waals surface area contributed by atoms with Crippen molar-refractivity contribution >= 4 is 17.6 Å². The van der Waals surface area contributed by atoms with Gasteiger partial charge in [-0.25, -0.2) is 13.8 Å². The summed E-state index contributed by atoms with van der Waals surface area (Å²) in [5.74, 6) is -1.20. The molecule has 1 aromatic heterocycles. The van der Waals surface area contributed by atoms with E-state index in [-0.39, 0.29) is 10.7 Å². The van der Waals surface area contributed by atoms with Crippen LogP contribution in [0.5, 0.6) is 0 Å². The van der Waals surface area contributed by atoms with Gasteiger partial charge in [-0.15, -0.1) is 0 Å². The molecule has 0 aliphatic carbocycles. The number of nitrogens with one attached hydrogen (secondary N) is 1. The Morgan fingerprint density at radius 1 is 1.22 bits per heavy atom. The zero-order valence-electron chi connectivity index (χ0n) is 9.15. The first-order chi connectivity index (χ1) is 8.56. The average Bonchev–Trinajstić information content (AvgIpc) is 2.34. The van der Waals surface area contributed by atoms with Crippen LogP contribution in [0.4, 0.5) is 8.78 Å². The predicted octanol–water partition coefficient (Wildman–Crippen LogP) is 2.80. The molecule has 0 saturated heterocycles. The first kappa shape index (κ1) is 12.5. The number of rotatable bonds is 3. The Bertz CT molecular complexity index is 602. The van der Waals surface area contributed by atoms with E-state index >= 15 is 0 Å². The van der Waals surface area contributed by atoms with E-state index in [0.717, 1.165) is 30.0 Å². The van der Waals surface area contributed by atoms with Crippen LogP contribution in [0, 0.1) is 17.0 Å². The molecule has 0 bridgehead atoms. The second kappa shape index (κ2) is 5.14. The Morgan fingerprint density at radius 2 is 2.00 bits per heavy atom. The molecule has 3 N–H and O–H groups in total. The topological polar surface area (TPSA) is 62.8 Å². The van der Waals surface area contributed by atoms with Crippen molar-refractivity contribution in [3.05, 3.63) is 53.7 Å². The van der Waals surface area contributed by atoms with Gasteiger partial charge in [0.1, 0.15) is 28.2 Å². The first-order valence-electron chi connectivity index (χ1n) is 5.00. The van der Waals surface area contributed by atoms with Crippen LogP contribution in [0.15, 0.2) is 46.3 Å². The van der Waals surface area contributed by atoms with Gasteiger partial charge in [0, 0.05) is 0 Å². The molecule has 92 valence electrons. The Hall–Kier alpha value is -1.95. The molecular weight excluding hydrogens is 256 g/mol. The SMILES string of the molecule is N=C(N)c1cccc(Sc2cc(F)ccc2F)n1. The number of pyridine rings is 1. The van der Waals surface area contributed by atoms with Gasteiger partial charge < -0.3 is 5.73 Å². The normalized spacial score (nSPS) is 10.3. The third-order valence-electron chi connectivity index (χ3n) is 2.11. The Labute approximate surface area is 107 Å². The molecular formula is C12H9F2N3S. The molecule has 0 atom stereocenters. The van der Waals surface area contributed by atoms with Crippen LogP contribution in [0.1, 0.15) is 5.69 Å². The smallest absolute Gasteiger partial charge is 0.141 e. The van der Waals surface area contributed by atoms with Crippen LogP contribution in [0.2, 0.25) is 0 Å². The molecule has 0 aliphatic heterocycles. The van der Waals surface area contributed by atoms with Crippen molar-refractivity contribution in [2.24, 2.45) is 5.73 Å². The fourth-order valence-electron chi connectivity index (χ4n) is 1.29. The summed E-state index contributed by atoms with van der Waals surface area (Å²) in [6, 6.07) is 8.09. The standard InChI is InChI=1S/C12H9F2N3S/c13-7-4-5-8(14)10(6-7)18-11-3-1-2-9(17-11)12(15)16/h1-6H,(H3,15,16). The number of aromatic nitrogens is 1. The van der Waals surface area contributed by atoms with Crippen LogP contribution in [0.3, 0.4) is 0 Å². The molecule has 2 aromatic rings. The van der Waals surface area contributed by atoms with Gasteiger partial charge >= 0.3 is 0 Å². The number of nitrogens with two attached hydrogens (primary N) is 1. The molecule has 0 amide bonds. The molecule has 6 heteroatoms. The molecule has 1 aromatic carbocycles. The van der Waals surface area contributed by atoms with Gasteiger partial charge in [-0.2, -0.15) is 0 Å². The van der Waals surface area contributed by atoms with Crippen LogP contribution in [0.25, 0.3) is 0 Å². The van der Waals surface area contributed by atoms with Crippen molar-refractivity contribution in [2.75, 3.05) is 0 Å². The number of amidine groups is 1. The number of halogens is 2. The van der Waals surface area contributed by atoms with Gasteiger partial charge in [0.2, 0.25) is 0 Å². The molecule has 2 rings (SSSR count). The molecule has 1 heterocycles. The number of nitrogen functional groups attached to an aromatic ring is 1. The van der Waals surface area contributed by atoms with Crippen molar-refractivity contribution in [3.63, 3.8) is 0 Å². The number of nitrogens with zero attached hydrogens (tertiary/aromatic N) is 1. The molecule has 0 unspecified atom stereocenters. The molecule has 0 radical (unpaired) electrons. The lowest BCUT2D eigenvalue weighted by atomic mass is 10.3. The van der Waals surface area contributed by atoms with E-state index in [1.807, 2.05) is 0 Å². The molecule has 0 saturated carbocycles. The van der Waals surface area contributed by atoms with Gasteiger partial charge in [-0.05, 0) is 30.3 Å². The monoisotopic (exact) mass is 265 g/mol. The summed E-state index contributed by atoms with van der Waals surface area (Å²) in [5.41, 5.74) is 5.61. The van der Waals surface area contributed by atoms with E-state index in [4.69, 9.17) is 11.1 Å². The summed E-state index contributed by atoms with van der Waals surface area (Å²) in [6.45, 7) is 0. The van der Waals surface area contributed by atoms with Gasteiger partial charge in [0.25, 0.3) is 0 Å². The summed E-state index contributed by atoms with van der Waals surface area (Å²) in [6.07, 6.45) is 0. The fraction of sp³-hybridized carbons (Fsp3) is 0. The Balaban J connectivity index is 2.31. The minimum absolute atomic E-state index is 0.142. The maximum atomic E-state index is 13.4.